The van der Waals surface area contributed by atoms with Gasteiger partial charge in [0.25, 0.3) is 11.8 Å². The van der Waals surface area contributed by atoms with Gasteiger partial charge in [0, 0.05) is 29.4 Å². The molecule has 7 heteroatoms. The van der Waals surface area contributed by atoms with Crippen molar-refractivity contribution in [2.24, 2.45) is 0 Å². The molecule has 2 aromatic carbocycles. The van der Waals surface area contributed by atoms with Crippen molar-refractivity contribution < 1.29 is 14.3 Å². The van der Waals surface area contributed by atoms with E-state index < -0.39 is 11.8 Å². The third kappa shape index (κ3) is 4.09. The second-order valence-electron chi connectivity index (χ2n) is 9.61. The Morgan fingerprint density at radius 3 is 2.62 bits per heavy atom. The van der Waals surface area contributed by atoms with E-state index in [1.54, 1.807) is 19.3 Å². The molecule has 2 heterocycles. The molecule has 0 aliphatic carbocycles. The van der Waals surface area contributed by atoms with E-state index in [0.29, 0.717) is 22.9 Å². The number of nitrogens with zero attached hydrogens (tertiary/aromatic N) is 2. The predicted molar refractivity (Wildman–Crippen MR) is 141 cm³/mol. The molecule has 1 atom stereocenters. The Bertz CT molecular complexity index is 1220. The summed E-state index contributed by atoms with van der Waals surface area (Å²) in [5.41, 5.74) is 4.66. The van der Waals surface area contributed by atoms with Crippen LogP contribution in [0.25, 0.3) is 6.08 Å². The normalized spacial score (nSPS) is 20.9. The molecule has 0 spiro atoms. The van der Waals surface area contributed by atoms with Crippen LogP contribution >= 0.6 is 12.2 Å². The van der Waals surface area contributed by atoms with Gasteiger partial charge in [-0.15, -0.1) is 0 Å². The molecular weight excluding hydrogens is 446 g/mol. The molecule has 6 nitrogen and oxygen atoms in total. The van der Waals surface area contributed by atoms with Crippen molar-refractivity contribution >= 4 is 46.6 Å². The molecule has 2 aliphatic heterocycles. The lowest BCUT2D eigenvalue weighted by Gasteiger charge is -2.47. The van der Waals surface area contributed by atoms with Gasteiger partial charge >= 0.3 is 0 Å². The fourth-order valence-electron chi connectivity index (χ4n) is 5.23. The van der Waals surface area contributed by atoms with Crippen LogP contribution in [-0.4, -0.2) is 36.1 Å². The van der Waals surface area contributed by atoms with Crippen LogP contribution in [0.15, 0.2) is 42.0 Å². The summed E-state index contributed by atoms with van der Waals surface area (Å²) in [7, 11) is 1.61. The maximum Gasteiger partial charge on any atom is 0.270 e. The van der Waals surface area contributed by atoms with E-state index >= 15 is 0 Å². The van der Waals surface area contributed by atoms with Crippen molar-refractivity contribution in [2.45, 2.75) is 52.5 Å². The minimum absolute atomic E-state index is 0.0181. The lowest BCUT2D eigenvalue weighted by Crippen LogP contribution is -2.54. The van der Waals surface area contributed by atoms with Crippen molar-refractivity contribution in [1.29, 1.82) is 0 Å². The first-order valence-electron chi connectivity index (χ1n) is 11.5. The fourth-order valence-corrected chi connectivity index (χ4v) is 5.51. The maximum absolute atomic E-state index is 13.5. The minimum Gasteiger partial charge on any atom is -0.496 e. The second kappa shape index (κ2) is 8.87. The van der Waals surface area contributed by atoms with Crippen LogP contribution in [0.5, 0.6) is 5.75 Å². The second-order valence-corrected chi connectivity index (χ2v) is 10.00. The SMILES string of the molecule is CCN1c2cc(OC)c(/C=C3/C(=O)NC(=S)N(c4cccc(C)c4)C3=O)cc2C(C)CC1(C)C. The zero-order chi connectivity index (χ0) is 24.8. The van der Waals surface area contributed by atoms with Crippen LogP contribution in [0.3, 0.4) is 0 Å². The smallest absolute Gasteiger partial charge is 0.270 e. The van der Waals surface area contributed by atoms with Crippen molar-refractivity contribution in [2.75, 3.05) is 23.5 Å². The largest absolute Gasteiger partial charge is 0.496 e. The Morgan fingerprint density at radius 2 is 1.97 bits per heavy atom. The summed E-state index contributed by atoms with van der Waals surface area (Å²) in [5.74, 6) is -0.0277. The first kappa shape index (κ1) is 24.0. The van der Waals surface area contributed by atoms with Crippen molar-refractivity contribution in [3.8, 4) is 5.75 Å². The maximum atomic E-state index is 13.5. The molecule has 0 radical (unpaired) electrons. The highest BCUT2D eigenvalue weighted by Crippen LogP contribution is 2.46. The number of amides is 2. The summed E-state index contributed by atoms with van der Waals surface area (Å²) in [4.78, 5) is 30.0. The van der Waals surface area contributed by atoms with E-state index in [9.17, 15) is 9.59 Å². The van der Waals surface area contributed by atoms with E-state index in [1.165, 1.54) is 10.5 Å². The third-order valence-electron chi connectivity index (χ3n) is 6.71. The fraction of sp³-hybridized carbons (Fsp3) is 0.370. The summed E-state index contributed by atoms with van der Waals surface area (Å²) in [6.07, 6.45) is 2.62. The number of hydrogen-bond acceptors (Lipinski definition) is 5. The van der Waals surface area contributed by atoms with Gasteiger partial charge in [0.2, 0.25) is 0 Å². The van der Waals surface area contributed by atoms with Crippen molar-refractivity contribution in [3.05, 3.63) is 58.7 Å². The number of aryl methyl sites for hydroxylation is 1. The molecule has 2 aliphatic rings. The zero-order valence-electron chi connectivity index (χ0n) is 20.6. The molecule has 178 valence electrons. The molecule has 34 heavy (non-hydrogen) atoms. The van der Waals surface area contributed by atoms with Crippen molar-refractivity contribution in [3.63, 3.8) is 0 Å². The Morgan fingerprint density at radius 1 is 1.24 bits per heavy atom. The number of methoxy groups -OCH3 is 1. The van der Waals surface area contributed by atoms with Gasteiger partial charge in [-0.05, 0) is 87.7 Å². The first-order valence-corrected chi connectivity index (χ1v) is 12.0. The molecule has 1 N–H and O–H groups in total. The summed E-state index contributed by atoms with van der Waals surface area (Å²) < 4.78 is 5.71. The number of thiocarbonyl (C=S) groups is 1. The van der Waals surface area contributed by atoms with Crippen molar-refractivity contribution in [1.82, 2.24) is 5.32 Å². The average molecular weight is 478 g/mol. The molecule has 2 aromatic rings. The van der Waals surface area contributed by atoms with E-state index in [4.69, 9.17) is 17.0 Å². The van der Waals surface area contributed by atoms with E-state index in [1.807, 2.05) is 37.3 Å². The highest BCUT2D eigenvalue weighted by molar-refractivity contribution is 7.80. The summed E-state index contributed by atoms with van der Waals surface area (Å²) in [6.45, 7) is 11.7. The average Bonchev–Trinajstić information content (AvgIpc) is 2.76. The predicted octanol–water partition coefficient (Wildman–Crippen LogP) is 4.95. The van der Waals surface area contributed by atoms with Gasteiger partial charge < -0.3 is 9.64 Å². The zero-order valence-corrected chi connectivity index (χ0v) is 21.4. The molecule has 1 saturated heterocycles. The topological polar surface area (TPSA) is 61.9 Å². The lowest BCUT2D eigenvalue weighted by atomic mass is 9.79. The lowest BCUT2D eigenvalue weighted by molar-refractivity contribution is -0.122. The molecule has 1 fully saturated rings. The number of carbonyl (C=O) groups excluding carboxylic acids is 2. The number of carbonyl (C=O) groups is 2. The van der Waals surface area contributed by atoms with E-state index in [2.05, 4.69) is 37.9 Å². The van der Waals surface area contributed by atoms with Gasteiger partial charge in [-0.1, -0.05) is 19.1 Å². The first-order chi connectivity index (χ1) is 16.1. The van der Waals surface area contributed by atoms with Crippen LogP contribution in [0.4, 0.5) is 11.4 Å². The van der Waals surface area contributed by atoms with Gasteiger partial charge in [0.15, 0.2) is 5.11 Å². The van der Waals surface area contributed by atoms with Crippen LogP contribution in [0.1, 0.15) is 56.7 Å². The Hall–Kier alpha value is -3.19. The van der Waals surface area contributed by atoms with Gasteiger partial charge in [0.1, 0.15) is 11.3 Å². The van der Waals surface area contributed by atoms with Gasteiger partial charge in [-0.25, -0.2) is 0 Å². The van der Waals surface area contributed by atoms with Crippen LogP contribution in [0, 0.1) is 6.92 Å². The van der Waals surface area contributed by atoms with E-state index in [0.717, 1.165) is 24.2 Å². The standard InChI is InChI=1S/C27H31N3O3S/c1-7-29-22-14-23(33-6)18(12-20(22)17(3)15-27(29,4)5)13-21-24(31)28-26(34)30(25(21)32)19-10-8-9-16(2)11-19/h8-14,17H,7,15H2,1-6H3,(H,28,31,34)/b21-13-. The van der Waals surface area contributed by atoms with Gasteiger partial charge in [0.05, 0.1) is 12.8 Å². The quantitative estimate of drug-likeness (QED) is 0.384. The van der Waals surface area contributed by atoms with Crippen LogP contribution in [-0.2, 0) is 9.59 Å². The number of ether oxygens (including phenoxy) is 1. The number of benzene rings is 2. The Balaban J connectivity index is 1.81. The molecular formula is C27H31N3O3S. The minimum atomic E-state index is -0.511. The highest BCUT2D eigenvalue weighted by atomic mass is 32.1. The highest BCUT2D eigenvalue weighted by Gasteiger charge is 2.37. The summed E-state index contributed by atoms with van der Waals surface area (Å²) in [6, 6.07) is 11.5. The molecule has 2 amide bonds. The Kier molecular flexibility index (Phi) is 6.25. The molecule has 0 aromatic heterocycles. The number of anilines is 2. The number of rotatable bonds is 4. The number of nitrogens with one attached hydrogen (secondary N) is 1. The third-order valence-corrected chi connectivity index (χ3v) is 7.00. The van der Waals surface area contributed by atoms with Crippen LogP contribution < -0.4 is 19.9 Å². The summed E-state index contributed by atoms with van der Waals surface area (Å²) >= 11 is 5.33. The Labute approximate surface area is 206 Å². The van der Waals surface area contributed by atoms with Gasteiger partial charge in [-0.2, -0.15) is 0 Å². The molecule has 0 saturated carbocycles. The van der Waals surface area contributed by atoms with Gasteiger partial charge in [-0.3, -0.25) is 19.8 Å². The van der Waals surface area contributed by atoms with Crippen LogP contribution in [0.2, 0.25) is 0 Å². The number of fused-ring (bicyclic) bond motifs is 1. The molecule has 4 rings (SSSR count). The molecule has 1 unspecified atom stereocenters. The monoisotopic (exact) mass is 477 g/mol. The number of hydrogen-bond donors (Lipinski definition) is 1. The van der Waals surface area contributed by atoms with E-state index in [-0.39, 0.29) is 16.2 Å². The molecule has 0 bridgehead atoms. The summed E-state index contributed by atoms with van der Waals surface area (Å²) in [5, 5.41) is 2.74.